The Hall–Kier alpha value is -2.19. The van der Waals surface area contributed by atoms with Gasteiger partial charge in [0, 0.05) is 11.6 Å². The summed E-state index contributed by atoms with van der Waals surface area (Å²) in [7, 11) is -3.72. The number of ether oxygens (including phenoxy) is 1. The van der Waals surface area contributed by atoms with Gasteiger partial charge in [-0.3, -0.25) is 9.52 Å². The van der Waals surface area contributed by atoms with Gasteiger partial charge in [0.15, 0.2) is 23.1 Å². The van der Waals surface area contributed by atoms with Gasteiger partial charge < -0.3 is 4.74 Å². The largest absolute Gasteiger partial charge is 0.452 e. The fourth-order valence-corrected chi connectivity index (χ4v) is 2.72. The summed E-state index contributed by atoms with van der Waals surface area (Å²) < 4.78 is 57.1. The third-order valence-corrected chi connectivity index (χ3v) is 3.73. The van der Waals surface area contributed by atoms with E-state index in [0.717, 1.165) is 18.4 Å². The van der Waals surface area contributed by atoms with Crippen LogP contribution in [-0.2, 0) is 10.0 Å². The van der Waals surface area contributed by atoms with E-state index in [2.05, 4.69) is 4.72 Å². The van der Waals surface area contributed by atoms with Gasteiger partial charge in [-0.25, -0.2) is 17.2 Å². The maximum atomic E-state index is 13.8. The Morgan fingerprint density at radius 3 is 2.38 bits per heavy atom. The van der Waals surface area contributed by atoms with E-state index in [1.807, 2.05) is 0 Å². The molecular formula is C15H12ClF2NO4S. The minimum absolute atomic E-state index is 0.106. The predicted molar refractivity (Wildman–Crippen MR) is 86.4 cm³/mol. The summed E-state index contributed by atoms with van der Waals surface area (Å²) in [6, 6.07) is 5.08. The normalized spacial score (nSPS) is 11.2. The molecule has 0 radical (unpaired) electrons. The Morgan fingerprint density at radius 2 is 1.83 bits per heavy atom. The first-order valence-electron chi connectivity index (χ1n) is 6.52. The van der Waals surface area contributed by atoms with Crippen LogP contribution in [0.1, 0.15) is 17.3 Å². The van der Waals surface area contributed by atoms with Crippen molar-refractivity contribution >= 4 is 33.1 Å². The number of anilines is 1. The van der Waals surface area contributed by atoms with Crippen molar-refractivity contribution < 1.29 is 26.7 Å². The van der Waals surface area contributed by atoms with Gasteiger partial charge in [-0.05, 0) is 31.2 Å². The second-order valence-electron chi connectivity index (χ2n) is 4.94. The van der Waals surface area contributed by atoms with Crippen LogP contribution in [0.15, 0.2) is 30.3 Å². The number of carbonyl (C=O) groups is 1. The number of carbonyl (C=O) groups excluding carboxylic acids is 1. The fraction of sp³-hybridized carbons (Fsp3) is 0.133. The van der Waals surface area contributed by atoms with Gasteiger partial charge in [-0.1, -0.05) is 11.6 Å². The van der Waals surface area contributed by atoms with E-state index in [-0.39, 0.29) is 33.6 Å². The van der Waals surface area contributed by atoms with Gasteiger partial charge in [-0.15, -0.1) is 0 Å². The van der Waals surface area contributed by atoms with Crippen molar-refractivity contribution in [2.24, 2.45) is 0 Å². The van der Waals surface area contributed by atoms with Crippen molar-refractivity contribution in [1.82, 2.24) is 0 Å². The van der Waals surface area contributed by atoms with E-state index < -0.39 is 21.7 Å². The number of hydrogen-bond donors (Lipinski definition) is 1. The highest BCUT2D eigenvalue weighted by Crippen LogP contribution is 2.38. The van der Waals surface area contributed by atoms with Gasteiger partial charge >= 0.3 is 0 Å². The van der Waals surface area contributed by atoms with Gasteiger partial charge in [0.1, 0.15) is 11.5 Å². The standard InChI is InChI=1S/C15H12ClF2NO4S/c1-8(20)9-5-11(16)15(19-24(2,21)22)14(6-9)23-13-4-3-10(17)7-12(13)18/h3-7,19H,1-2H3. The van der Waals surface area contributed by atoms with Crippen LogP contribution in [0.2, 0.25) is 5.02 Å². The topological polar surface area (TPSA) is 72.5 Å². The lowest BCUT2D eigenvalue weighted by Gasteiger charge is -2.15. The molecule has 1 N–H and O–H groups in total. The van der Waals surface area contributed by atoms with Gasteiger partial charge in [0.2, 0.25) is 10.0 Å². The second-order valence-corrected chi connectivity index (χ2v) is 7.09. The molecule has 0 aliphatic rings. The predicted octanol–water partition coefficient (Wildman–Crippen LogP) is 3.98. The number of Topliss-reactive ketones (excluding diaryl/α,β-unsaturated/α-hetero) is 1. The van der Waals surface area contributed by atoms with Crippen molar-refractivity contribution in [3.05, 3.63) is 52.6 Å². The molecule has 0 atom stereocenters. The maximum absolute atomic E-state index is 13.8. The molecule has 24 heavy (non-hydrogen) atoms. The highest BCUT2D eigenvalue weighted by Gasteiger charge is 2.18. The number of halogens is 3. The van der Waals surface area contributed by atoms with Crippen molar-refractivity contribution in [3.8, 4) is 11.5 Å². The number of benzene rings is 2. The molecule has 0 bridgehead atoms. The summed E-state index contributed by atoms with van der Waals surface area (Å²) in [5.74, 6) is -2.70. The van der Waals surface area contributed by atoms with Crippen LogP contribution in [0.4, 0.5) is 14.5 Å². The number of ketones is 1. The molecular weight excluding hydrogens is 364 g/mol. The first-order chi connectivity index (χ1) is 11.1. The molecule has 0 amide bonds. The minimum Gasteiger partial charge on any atom is -0.452 e. The van der Waals surface area contributed by atoms with Crippen LogP contribution in [-0.4, -0.2) is 20.5 Å². The average molecular weight is 376 g/mol. The van der Waals surface area contributed by atoms with Crippen molar-refractivity contribution in [1.29, 1.82) is 0 Å². The maximum Gasteiger partial charge on any atom is 0.229 e. The van der Waals surface area contributed by atoms with E-state index in [0.29, 0.717) is 6.07 Å². The Bertz CT molecular complexity index is 916. The van der Waals surface area contributed by atoms with Gasteiger partial charge in [0.05, 0.1) is 11.3 Å². The summed E-state index contributed by atoms with van der Waals surface area (Å²) in [4.78, 5) is 11.5. The van der Waals surface area contributed by atoms with Crippen molar-refractivity contribution in [2.45, 2.75) is 6.92 Å². The quantitative estimate of drug-likeness (QED) is 0.802. The van der Waals surface area contributed by atoms with E-state index in [4.69, 9.17) is 16.3 Å². The molecule has 2 rings (SSSR count). The SMILES string of the molecule is CC(=O)c1cc(Cl)c(NS(C)(=O)=O)c(Oc2ccc(F)cc2F)c1. The molecule has 0 unspecified atom stereocenters. The Balaban J connectivity index is 2.57. The Kier molecular flexibility index (Phi) is 5.10. The first kappa shape index (κ1) is 18.2. The molecule has 0 aromatic heterocycles. The van der Waals surface area contributed by atoms with Crippen LogP contribution in [0, 0.1) is 11.6 Å². The third kappa shape index (κ3) is 4.42. The molecule has 0 heterocycles. The van der Waals surface area contributed by atoms with Gasteiger partial charge in [-0.2, -0.15) is 0 Å². The van der Waals surface area contributed by atoms with E-state index >= 15 is 0 Å². The molecule has 0 fully saturated rings. The Labute approximate surface area is 142 Å². The molecule has 0 aliphatic heterocycles. The molecule has 0 spiro atoms. The monoisotopic (exact) mass is 375 g/mol. The van der Waals surface area contributed by atoms with Crippen molar-refractivity contribution in [3.63, 3.8) is 0 Å². The fourth-order valence-electron chi connectivity index (χ4n) is 1.83. The van der Waals surface area contributed by atoms with Crippen LogP contribution < -0.4 is 9.46 Å². The molecule has 2 aromatic carbocycles. The third-order valence-electron chi connectivity index (χ3n) is 2.86. The highest BCUT2D eigenvalue weighted by atomic mass is 35.5. The molecule has 9 heteroatoms. The summed E-state index contributed by atoms with van der Waals surface area (Å²) in [6.45, 7) is 1.28. The second kappa shape index (κ2) is 6.74. The van der Waals surface area contributed by atoms with Crippen molar-refractivity contribution in [2.75, 3.05) is 11.0 Å². The number of hydrogen-bond acceptors (Lipinski definition) is 4. The zero-order valence-electron chi connectivity index (χ0n) is 12.6. The highest BCUT2D eigenvalue weighted by molar-refractivity contribution is 7.92. The molecule has 0 saturated carbocycles. The lowest BCUT2D eigenvalue weighted by atomic mass is 10.1. The van der Waals surface area contributed by atoms with Crippen LogP contribution in [0.25, 0.3) is 0 Å². The zero-order valence-corrected chi connectivity index (χ0v) is 14.1. The first-order valence-corrected chi connectivity index (χ1v) is 8.79. The lowest BCUT2D eigenvalue weighted by Crippen LogP contribution is -2.11. The minimum atomic E-state index is -3.72. The van der Waals surface area contributed by atoms with E-state index in [1.54, 1.807) is 0 Å². The number of sulfonamides is 1. The van der Waals surface area contributed by atoms with Crippen LogP contribution in [0.3, 0.4) is 0 Å². The summed E-state index contributed by atoms with van der Waals surface area (Å²) in [5.41, 5.74) is -0.0236. The molecule has 128 valence electrons. The smallest absolute Gasteiger partial charge is 0.229 e. The summed E-state index contributed by atoms with van der Waals surface area (Å²) in [6.07, 6.45) is 0.893. The van der Waals surface area contributed by atoms with Crippen LogP contribution in [0.5, 0.6) is 11.5 Å². The zero-order chi connectivity index (χ0) is 18.1. The average Bonchev–Trinajstić information content (AvgIpc) is 2.43. The van der Waals surface area contributed by atoms with Gasteiger partial charge in [0.25, 0.3) is 0 Å². The number of rotatable bonds is 5. The number of nitrogens with one attached hydrogen (secondary N) is 1. The molecule has 0 aliphatic carbocycles. The molecule has 0 saturated heterocycles. The Morgan fingerprint density at radius 1 is 1.17 bits per heavy atom. The van der Waals surface area contributed by atoms with Crippen LogP contribution >= 0.6 is 11.6 Å². The van der Waals surface area contributed by atoms with E-state index in [9.17, 15) is 22.0 Å². The lowest BCUT2D eigenvalue weighted by molar-refractivity contribution is 0.101. The van der Waals surface area contributed by atoms with E-state index in [1.165, 1.54) is 19.1 Å². The molecule has 5 nitrogen and oxygen atoms in total. The summed E-state index contributed by atoms with van der Waals surface area (Å²) >= 11 is 6.00. The summed E-state index contributed by atoms with van der Waals surface area (Å²) in [5, 5.41) is -0.106. The molecule has 2 aromatic rings.